The maximum absolute atomic E-state index is 14.3. The van der Waals surface area contributed by atoms with E-state index < -0.39 is 0 Å². The Bertz CT molecular complexity index is 673. The molecular formula is C15H17BrFN5. The number of nitrogens with two attached hydrogens (primary N) is 1. The molecule has 2 heterocycles. The number of hydrogen-bond acceptors (Lipinski definition) is 5. The highest BCUT2D eigenvalue weighted by Crippen LogP contribution is 2.27. The topological polar surface area (TPSA) is 66.2 Å². The average molecular weight is 366 g/mol. The summed E-state index contributed by atoms with van der Waals surface area (Å²) in [5, 5.41) is 6.22. The molecule has 0 bridgehead atoms. The van der Waals surface area contributed by atoms with Crippen molar-refractivity contribution < 1.29 is 4.39 Å². The van der Waals surface area contributed by atoms with Crippen molar-refractivity contribution in [2.24, 2.45) is 0 Å². The third kappa shape index (κ3) is 3.31. The predicted molar refractivity (Wildman–Crippen MR) is 91.1 cm³/mol. The third-order valence-electron chi connectivity index (χ3n) is 3.58. The van der Waals surface area contributed by atoms with Crippen LogP contribution in [0, 0.1) is 5.82 Å². The van der Waals surface area contributed by atoms with Gasteiger partial charge in [-0.15, -0.1) is 0 Å². The molecule has 0 aliphatic carbocycles. The van der Waals surface area contributed by atoms with Gasteiger partial charge in [-0.05, 0) is 46.3 Å². The fourth-order valence-electron chi connectivity index (χ4n) is 2.40. The van der Waals surface area contributed by atoms with Crippen LogP contribution < -0.4 is 21.3 Å². The highest BCUT2D eigenvalue weighted by atomic mass is 79.9. The van der Waals surface area contributed by atoms with E-state index >= 15 is 0 Å². The molecule has 7 heteroatoms. The van der Waals surface area contributed by atoms with Crippen molar-refractivity contribution in [2.45, 2.75) is 0 Å². The Balaban J connectivity index is 1.81. The molecule has 5 nitrogen and oxygen atoms in total. The summed E-state index contributed by atoms with van der Waals surface area (Å²) in [4.78, 5) is 6.38. The zero-order chi connectivity index (χ0) is 15.5. The summed E-state index contributed by atoms with van der Waals surface area (Å²) in [6.45, 7) is 3.60. The normalized spacial score (nSPS) is 14.9. The van der Waals surface area contributed by atoms with Gasteiger partial charge in [-0.3, -0.25) is 0 Å². The SMILES string of the molecule is Nc1ccc(Br)nc1Nc1ccc(N2CCNCC2)cc1F. The third-order valence-corrected chi connectivity index (χ3v) is 4.02. The first-order valence-electron chi connectivity index (χ1n) is 7.08. The fourth-order valence-corrected chi connectivity index (χ4v) is 2.71. The van der Waals surface area contributed by atoms with Gasteiger partial charge in [0, 0.05) is 31.9 Å². The predicted octanol–water partition coefficient (Wildman–Crippen LogP) is 2.72. The highest BCUT2D eigenvalue weighted by molar-refractivity contribution is 9.10. The van der Waals surface area contributed by atoms with E-state index in [1.54, 1.807) is 24.3 Å². The van der Waals surface area contributed by atoms with E-state index in [0.29, 0.717) is 21.8 Å². The molecule has 1 aliphatic heterocycles. The number of rotatable bonds is 3. The molecule has 4 N–H and O–H groups in total. The van der Waals surface area contributed by atoms with E-state index in [9.17, 15) is 4.39 Å². The second-order valence-corrected chi connectivity index (χ2v) is 5.91. The van der Waals surface area contributed by atoms with E-state index in [1.165, 1.54) is 0 Å². The van der Waals surface area contributed by atoms with Crippen LogP contribution in [0.1, 0.15) is 0 Å². The van der Waals surface area contributed by atoms with E-state index in [1.807, 2.05) is 6.07 Å². The number of nitrogens with zero attached hydrogens (tertiary/aromatic N) is 2. The standard InChI is InChI=1S/C15H17BrFN5/c16-14-4-2-12(18)15(21-14)20-13-3-1-10(9-11(13)17)22-7-5-19-6-8-22/h1-4,9,19H,5-8,18H2,(H,20,21). The fraction of sp³-hybridized carbons (Fsp3) is 0.267. The second kappa shape index (κ2) is 6.50. The Kier molecular flexibility index (Phi) is 4.44. The number of pyridine rings is 1. The Labute approximate surface area is 136 Å². The Morgan fingerprint density at radius 3 is 2.73 bits per heavy atom. The number of nitrogens with one attached hydrogen (secondary N) is 2. The molecule has 1 aromatic carbocycles. The van der Waals surface area contributed by atoms with Crippen LogP contribution in [-0.2, 0) is 0 Å². The number of halogens is 2. The van der Waals surface area contributed by atoms with Crippen LogP contribution in [0.5, 0.6) is 0 Å². The molecule has 0 saturated carbocycles. The summed E-state index contributed by atoms with van der Waals surface area (Å²) >= 11 is 3.28. The van der Waals surface area contributed by atoms with Gasteiger partial charge < -0.3 is 21.3 Å². The summed E-state index contributed by atoms with van der Waals surface area (Å²) in [6, 6.07) is 8.62. The van der Waals surface area contributed by atoms with E-state index in [0.717, 1.165) is 31.9 Å². The van der Waals surface area contributed by atoms with Crippen LogP contribution >= 0.6 is 15.9 Å². The zero-order valence-corrected chi connectivity index (χ0v) is 13.5. The molecule has 2 aromatic rings. The number of aromatic nitrogens is 1. The average Bonchev–Trinajstić information content (AvgIpc) is 2.53. The van der Waals surface area contributed by atoms with Crippen molar-refractivity contribution in [1.82, 2.24) is 10.3 Å². The smallest absolute Gasteiger partial charge is 0.155 e. The lowest BCUT2D eigenvalue weighted by Crippen LogP contribution is -2.43. The van der Waals surface area contributed by atoms with Gasteiger partial charge >= 0.3 is 0 Å². The zero-order valence-electron chi connectivity index (χ0n) is 11.9. The lowest BCUT2D eigenvalue weighted by Gasteiger charge is -2.29. The van der Waals surface area contributed by atoms with Gasteiger partial charge in [0.25, 0.3) is 0 Å². The number of piperazine rings is 1. The molecule has 0 unspecified atom stereocenters. The number of hydrogen-bond donors (Lipinski definition) is 3. The van der Waals surface area contributed by atoms with E-state index in [-0.39, 0.29) is 5.82 Å². The molecule has 0 radical (unpaired) electrons. The van der Waals surface area contributed by atoms with Crippen molar-refractivity contribution >= 4 is 38.8 Å². The quantitative estimate of drug-likeness (QED) is 0.729. The summed E-state index contributed by atoms with van der Waals surface area (Å²) in [5.41, 5.74) is 7.56. The van der Waals surface area contributed by atoms with Crippen LogP contribution in [0.25, 0.3) is 0 Å². The lowest BCUT2D eigenvalue weighted by atomic mass is 10.2. The minimum Gasteiger partial charge on any atom is -0.396 e. The first kappa shape index (κ1) is 15.1. The van der Waals surface area contributed by atoms with E-state index in [4.69, 9.17) is 5.73 Å². The molecule has 3 rings (SSSR count). The number of benzene rings is 1. The maximum Gasteiger partial charge on any atom is 0.155 e. The van der Waals surface area contributed by atoms with Gasteiger partial charge in [0.2, 0.25) is 0 Å². The summed E-state index contributed by atoms with van der Waals surface area (Å²) < 4.78 is 15.0. The van der Waals surface area contributed by atoms with Crippen molar-refractivity contribution in [1.29, 1.82) is 0 Å². The van der Waals surface area contributed by atoms with Gasteiger partial charge in [-0.2, -0.15) is 0 Å². The van der Waals surface area contributed by atoms with Crippen LogP contribution in [0.3, 0.4) is 0 Å². The van der Waals surface area contributed by atoms with Crippen molar-refractivity contribution in [2.75, 3.05) is 42.1 Å². The summed E-state index contributed by atoms with van der Waals surface area (Å²) in [6.07, 6.45) is 0. The maximum atomic E-state index is 14.3. The monoisotopic (exact) mass is 365 g/mol. The molecule has 22 heavy (non-hydrogen) atoms. The van der Waals surface area contributed by atoms with Crippen molar-refractivity contribution in [3.63, 3.8) is 0 Å². The van der Waals surface area contributed by atoms with Gasteiger partial charge in [0.15, 0.2) is 5.82 Å². The number of nitrogen functional groups attached to an aromatic ring is 1. The Morgan fingerprint density at radius 1 is 1.23 bits per heavy atom. The Hall–Kier alpha value is -1.86. The minimum atomic E-state index is -0.322. The largest absolute Gasteiger partial charge is 0.396 e. The van der Waals surface area contributed by atoms with Crippen LogP contribution in [-0.4, -0.2) is 31.2 Å². The first-order valence-corrected chi connectivity index (χ1v) is 7.87. The molecule has 0 amide bonds. The minimum absolute atomic E-state index is 0.322. The molecule has 1 fully saturated rings. The molecule has 1 saturated heterocycles. The summed E-state index contributed by atoms with van der Waals surface area (Å²) in [7, 11) is 0. The molecule has 0 spiro atoms. The lowest BCUT2D eigenvalue weighted by molar-refractivity contribution is 0.585. The molecule has 116 valence electrons. The molecule has 1 aliphatic rings. The van der Waals surface area contributed by atoms with Crippen LogP contribution in [0.15, 0.2) is 34.9 Å². The van der Waals surface area contributed by atoms with Gasteiger partial charge in [0.05, 0.1) is 11.4 Å². The Morgan fingerprint density at radius 2 is 2.00 bits per heavy atom. The van der Waals surface area contributed by atoms with Crippen LogP contribution in [0.4, 0.5) is 27.3 Å². The van der Waals surface area contributed by atoms with Gasteiger partial charge in [-0.25, -0.2) is 9.37 Å². The van der Waals surface area contributed by atoms with Gasteiger partial charge in [0.1, 0.15) is 10.4 Å². The van der Waals surface area contributed by atoms with Crippen LogP contribution in [0.2, 0.25) is 0 Å². The van der Waals surface area contributed by atoms with Crippen molar-refractivity contribution in [3.05, 3.63) is 40.8 Å². The number of anilines is 4. The highest BCUT2D eigenvalue weighted by Gasteiger charge is 2.13. The molecular weight excluding hydrogens is 349 g/mol. The summed E-state index contributed by atoms with van der Waals surface area (Å²) in [5.74, 6) is 0.111. The van der Waals surface area contributed by atoms with E-state index in [2.05, 4.69) is 36.4 Å². The second-order valence-electron chi connectivity index (χ2n) is 5.10. The van der Waals surface area contributed by atoms with Crippen molar-refractivity contribution in [3.8, 4) is 0 Å². The molecule has 0 atom stereocenters. The molecule has 1 aromatic heterocycles. The van der Waals surface area contributed by atoms with Gasteiger partial charge in [-0.1, -0.05) is 0 Å². The first-order chi connectivity index (χ1) is 10.6.